The van der Waals surface area contributed by atoms with Crippen molar-refractivity contribution >= 4 is 33.3 Å². The molecule has 0 saturated heterocycles. The number of anilines is 1. The number of nitrogens with zero attached hydrogens (tertiary/aromatic N) is 2. The number of nitrogen functional groups attached to an aromatic ring is 1. The lowest BCUT2D eigenvalue weighted by Crippen LogP contribution is -2.09. The molecule has 0 fully saturated rings. The van der Waals surface area contributed by atoms with Crippen LogP contribution in [0.3, 0.4) is 0 Å². The number of hydrogen-bond donors (Lipinski definition) is 2. The number of hydrazine groups is 1. The van der Waals surface area contributed by atoms with E-state index in [1.165, 1.54) is 0 Å². The molecular formula is C6H4BrClN4. The molecule has 0 bridgehead atoms. The lowest BCUT2D eigenvalue weighted by Gasteiger charge is -2.02. The molecule has 0 unspecified atom stereocenters. The molecular weight excluding hydrogens is 243 g/mol. The number of hydrogen-bond acceptors (Lipinski definition) is 4. The molecule has 4 nitrogen and oxygen atoms in total. The van der Waals surface area contributed by atoms with E-state index in [0.717, 1.165) is 0 Å². The Balaban J connectivity index is 3.28. The van der Waals surface area contributed by atoms with Crippen LogP contribution in [0.1, 0.15) is 5.56 Å². The van der Waals surface area contributed by atoms with Crippen LogP contribution in [0.4, 0.5) is 5.82 Å². The largest absolute Gasteiger partial charge is 0.307 e. The smallest absolute Gasteiger partial charge is 0.156 e. The van der Waals surface area contributed by atoms with E-state index in [9.17, 15) is 0 Å². The number of aromatic nitrogens is 1. The van der Waals surface area contributed by atoms with Crippen LogP contribution in [0.5, 0.6) is 0 Å². The Hall–Kier alpha value is -0.830. The number of pyridine rings is 1. The molecule has 62 valence electrons. The highest BCUT2D eigenvalue weighted by molar-refractivity contribution is 9.10. The van der Waals surface area contributed by atoms with Crippen molar-refractivity contribution in [2.24, 2.45) is 5.84 Å². The van der Waals surface area contributed by atoms with Crippen LogP contribution >= 0.6 is 27.5 Å². The standard InChI is InChI=1S/C6H4BrClN4/c7-4-1-3(2-9)5(8)11-6(4)12-10/h1H,10H2,(H,11,12). The molecule has 0 saturated carbocycles. The topological polar surface area (TPSA) is 74.7 Å². The quantitative estimate of drug-likeness (QED) is 0.449. The van der Waals surface area contributed by atoms with E-state index in [1.807, 2.05) is 6.07 Å². The van der Waals surface area contributed by atoms with Gasteiger partial charge in [0.1, 0.15) is 11.2 Å². The second kappa shape index (κ2) is 3.72. The van der Waals surface area contributed by atoms with Gasteiger partial charge in [0.25, 0.3) is 0 Å². The van der Waals surface area contributed by atoms with Crippen LogP contribution in [0, 0.1) is 11.3 Å². The molecule has 0 spiro atoms. The van der Waals surface area contributed by atoms with Gasteiger partial charge in [-0.25, -0.2) is 10.8 Å². The molecule has 1 rings (SSSR count). The van der Waals surface area contributed by atoms with Gasteiger partial charge in [-0.05, 0) is 22.0 Å². The van der Waals surface area contributed by atoms with Crippen molar-refractivity contribution in [3.8, 4) is 6.07 Å². The Labute approximate surface area is 82.4 Å². The molecule has 0 radical (unpaired) electrons. The highest BCUT2D eigenvalue weighted by Crippen LogP contribution is 2.24. The second-order valence-electron chi connectivity index (χ2n) is 1.91. The van der Waals surface area contributed by atoms with Crippen molar-refractivity contribution in [2.75, 3.05) is 5.43 Å². The van der Waals surface area contributed by atoms with Crippen molar-refractivity contribution in [1.29, 1.82) is 5.26 Å². The molecule has 0 aliphatic heterocycles. The van der Waals surface area contributed by atoms with E-state index < -0.39 is 0 Å². The maximum absolute atomic E-state index is 8.56. The molecule has 0 aliphatic carbocycles. The van der Waals surface area contributed by atoms with Crippen molar-refractivity contribution in [3.63, 3.8) is 0 Å². The van der Waals surface area contributed by atoms with E-state index in [1.54, 1.807) is 6.07 Å². The lowest BCUT2D eigenvalue weighted by molar-refractivity contribution is 1.20. The van der Waals surface area contributed by atoms with Crippen molar-refractivity contribution in [1.82, 2.24) is 4.98 Å². The number of nitrogens with one attached hydrogen (secondary N) is 1. The van der Waals surface area contributed by atoms with E-state index in [0.29, 0.717) is 15.9 Å². The summed E-state index contributed by atoms with van der Waals surface area (Å²) in [6.07, 6.45) is 0. The van der Waals surface area contributed by atoms with Crippen LogP contribution in [0.2, 0.25) is 5.15 Å². The van der Waals surface area contributed by atoms with Gasteiger partial charge >= 0.3 is 0 Å². The molecule has 0 atom stereocenters. The van der Waals surface area contributed by atoms with Crippen LogP contribution in [-0.4, -0.2) is 4.98 Å². The minimum Gasteiger partial charge on any atom is -0.307 e. The van der Waals surface area contributed by atoms with Gasteiger partial charge in [0, 0.05) is 0 Å². The van der Waals surface area contributed by atoms with Crippen LogP contribution in [-0.2, 0) is 0 Å². The zero-order chi connectivity index (χ0) is 9.14. The average molecular weight is 247 g/mol. The third-order valence-corrected chi connectivity index (χ3v) is 2.08. The van der Waals surface area contributed by atoms with Gasteiger partial charge in [0.2, 0.25) is 0 Å². The van der Waals surface area contributed by atoms with Gasteiger partial charge in [-0.2, -0.15) is 5.26 Å². The van der Waals surface area contributed by atoms with Gasteiger partial charge in [-0.15, -0.1) is 0 Å². The summed E-state index contributed by atoms with van der Waals surface area (Å²) in [4.78, 5) is 3.82. The molecule has 6 heteroatoms. The molecule has 3 N–H and O–H groups in total. The normalized spacial score (nSPS) is 9.17. The highest BCUT2D eigenvalue weighted by atomic mass is 79.9. The molecule has 1 heterocycles. The van der Waals surface area contributed by atoms with Crippen molar-refractivity contribution in [2.45, 2.75) is 0 Å². The highest BCUT2D eigenvalue weighted by Gasteiger charge is 2.06. The zero-order valence-corrected chi connectivity index (χ0v) is 8.15. The molecule has 1 aromatic rings. The minimum atomic E-state index is 0.133. The molecule has 0 aliphatic rings. The molecule has 1 aromatic heterocycles. The Morgan fingerprint density at radius 1 is 1.75 bits per heavy atom. The van der Waals surface area contributed by atoms with Gasteiger partial charge < -0.3 is 5.43 Å². The summed E-state index contributed by atoms with van der Waals surface area (Å²) >= 11 is 8.80. The first-order valence-electron chi connectivity index (χ1n) is 2.91. The summed E-state index contributed by atoms with van der Waals surface area (Å²) in [6.45, 7) is 0. The minimum absolute atomic E-state index is 0.133. The first-order chi connectivity index (χ1) is 5.69. The van der Waals surface area contributed by atoms with Gasteiger partial charge in [-0.3, -0.25) is 0 Å². The zero-order valence-electron chi connectivity index (χ0n) is 5.81. The summed E-state index contributed by atoms with van der Waals surface area (Å²) in [7, 11) is 0. The fraction of sp³-hybridized carbons (Fsp3) is 0. The summed E-state index contributed by atoms with van der Waals surface area (Å²) < 4.78 is 0.603. The average Bonchev–Trinajstić information content (AvgIpc) is 2.08. The van der Waals surface area contributed by atoms with Crippen molar-refractivity contribution in [3.05, 3.63) is 21.3 Å². The molecule has 12 heavy (non-hydrogen) atoms. The second-order valence-corrected chi connectivity index (χ2v) is 3.13. The van der Waals surface area contributed by atoms with Crippen LogP contribution in [0.25, 0.3) is 0 Å². The SMILES string of the molecule is N#Cc1cc(Br)c(NN)nc1Cl. The van der Waals surface area contributed by atoms with Gasteiger partial charge in [0.05, 0.1) is 10.0 Å². The Kier molecular flexibility index (Phi) is 2.87. The fourth-order valence-corrected chi connectivity index (χ4v) is 1.26. The summed E-state index contributed by atoms with van der Waals surface area (Å²) in [5, 5.41) is 8.69. The van der Waals surface area contributed by atoms with Gasteiger partial charge in [0.15, 0.2) is 5.82 Å². The summed E-state index contributed by atoms with van der Waals surface area (Å²) in [6, 6.07) is 3.44. The number of nitriles is 1. The predicted molar refractivity (Wildman–Crippen MR) is 49.5 cm³/mol. The van der Waals surface area contributed by atoms with Crippen LogP contribution < -0.4 is 11.3 Å². The fourth-order valence-electron chi connectivity index (χ4n) is 0.646. The van der Waals surface area contributed by atoms with E-state index in [4.69, 9.17) is 22.7 Å². The first kappa shape index (κ1) is 9.26. The monoisotopic (exact) mass is 246 g/mol. The predicted octanol–water partition coefficient (Wildman–Crippen LogP) is 1.65. The Morgan fingerprint density at radius 2 is 2.42 bits per heavy atom. The Bertz CT molecular complexity index is 345. The first-order valence-corrected chi connectivity index (χ1v) is 4.09. The van der Waals surface area contributed by atoms with E-state index >= 15 is 0 Å². The van der Waals surface area contributed by atoms with E-state index in [2.05, 4.69) is 26.3 Å². The molecule has 0 aromatic carbocycles. The lowest BCUT2D eigenvalue weighted by atomic mass is 10.3. The number of nitrogens with two attached hydrogens (primary N) is 1. The number of rotatable bonds is 1. The van der Waals surface area contributed by atoms with Crippen LogP contribution in [0.15, 0.2) is 10.5 Å². The third kappa shape index (κ3) is 1.67. The number of halogens is 2. The maximum atomic E-state index is 8.56. The van der Waals surface area contributed by atoms with Crippen molar-refractivity contribution < 1.29 is 0 Å². The molecule has 0 amide bonds. The maximum Gasteiger partial charge on any atom is 0.156 e. The summed E-state index contributed by atoms with van der Waals surface area (Å²) in [5.74, 6) is 5.53. The van der Waals surface area contributed by atoms with Gasteiger partial charge in [-0.1, -0.05) is 11.6 Å². The third-order valence-electron chi connectivity index (χ3n) is 1.19. The Morgan fingerprint density at radius 3 is 2.92 bits per heavy atom. The summed E-state index contributed by atoms with van der Waals surface area (Å²) in [5.41, 5.74) is 2.64. The van der Waals surface area contributed by atoms with E-state index in [-0.39, 0.29) is 5.15 Å².